The average molecular weight is 269 g/mol. The molecule has 1 aromatic heterocycles. The first-order valence-electron chi connectivity index (χ1n) is 6.79. The molecule has 0 fully saturated rings. The molecular formula is C14H21ClN2O. The molecular weight excluding hydrogens is 248 g/mol. The van der Waals surface area contributed by atoms with Crippen molar-refractivity contribution in [1.82, 2.24) is 9.78 Å². The van der Waals surface area contributed by atoms with Crippen molar-refractivity contribution in [3.8, 4) is 0 Å². The maximum absolute atomic E-state index is 10.4. The lowest BCUT2D eigenvalue weighted by atomic mass is 9.94. The molecule has 18 heavy (non-hydrogen) atoms. The molecule has 0 aliphatic heterocycles. The molecule has 1 aliphatic rings. The van der Waals surface area contributed by atoms with Crippen molar-refractivity contribution in [3.63, 3.8) is 0 Å². The Morgan fingerprint density at radius 2 is 2.33 bits per heavy atom. The monoisotopic (exact) mass is 268 g/mol. The van der Waals surface area contributed by atoms with Gasteiger partial charge in [-0.25, -0.2) is 0 Å². The van der Waals surface area contributed by atoms with Crippen LogP contribution in [0.15, 0.2) is 17.8 Å². The second kappa shape index (κ2) is 6.39. The largest absolute Gasteiger partial charge is 0.386 e. The molecule has 3 nitrogen and oxygen atoms in total. The Hall–Kier alpha value is -0.800. The van der Waals surface area contributed by atoms with Gasteiger partial charge < -0.3 is 5.11 Å². The van der Waals surface area contributed by atoms with Gasteiger partial charge in [0.25, 0.3) is 0 Å². The van der Waals surface area contributed by atoms with Gasteiger partial charge in [-0.2, -0.15) is 5.10 Å². The van der Waals surface area contributed by atoms with Crippen molar-refractivity contribution in [2.75, 3.05) is 0 Å². The number of allylic oxidation sites excluding steroid dienone is 1. The van der Waals surface area contributed by atoms with Crippen LogP contribution in [0.1, 0.15) is 57.2 Å². The highest BCUT2D eigenvalue weighted by atomic mass is 35.5. The summed E-state index contributed by atoms with van der Waals surface area (Å²) in [6.07, 6.45) is 9.80. The number of rotatable bonds is 5. The fraction of sp³-hybridized carbons (Fsp3) is 0.643. The first kappa shape index (κ1) is 13.6. The zero-order chi connectivity index (χ0) is 13.0. The molecule has 2 rings (SSSR count). The number of hydrogen-bond donors (Lipinski definition) is 1. The van der Waals surface area contributed by atoms with Gasteiger partial charge in [0, 0.05) is 13.0 Å². The lowest BCUT2D eigenvalue weighted by Crippen LogP contribution is -2.11. The summed E-state index contributed by atoms with van der Waals surface area (Å²) in [6, 6.07) is 0. The Morgan fingerprint density at radius 1 is 1.50 bits per heavy atom. The van der Waals surface area contributed by atoms with Gasteiger partial charge in [-0.1, -0.05) is 30.2 Å². The molecule has 1 unspecified atom stereocenters. The molecule has 0 spiro atoms. The summed E-state index contributed by atoms with van der Waals surface area (Å²) < 4.78 is 1.83. The van der Waals surface area contributed by atoms with E-state index in [2.05, 4.69) is 18.1 Å². The van der Waals surface area contributed by atoms with Gasteiger partial charge in [0.05, 0.1) is 16.9 Å². The number of aliphatic hydroxyl groups is 1. The molecule has 1 aromatic rings. The van der Waals surface area contributed by atoms with Crippen molar-refractivity contribution >= 4 is 11.6 Å². The molecule has 0 radical (unpaired) electrons. The van der Waals surface area contributed by atoms with Crippen LogP contribution in [0, 0.1) is 0 Å². The van der Waals surface area contributed by atoms with Gasteiger partial charge >= 0.3 is 0 Å². The van der Waals surface area contributed by atoms with E-state index in [0.29, 0.717) is 11.4 Å². The number of halogens is 1. The first-order valence-corrected chi connectivity index (χ1v) is 7.17. The molecule has 4 heteroatoms. The fourth-order valence-electron chi connectivity index (χ4n) is 2.53. The average Bonchev–Trinajstić information content (AvgIpc) is 2.72. The van der Waals surface area contributed by atoms with Crippen LogP contribution in [0.3, 0.4) is 0 Å². The summed E-state index contributed by atoms with van der Waals surface area (Å²) in [4.78, 5) is 0. The van der Waals surface area contributed by atoms with Crippen LogP contribution in [0.2, 0.25) is 5.02 Å². The van der Waals surface area contributed by atoms with Crippen LogP contribution < -0.4 is 0 Å². The van der Waals surface area contributed by atoms with Crippen molar-refractivity contribution in [2.24, 2.45) is 0 Å². The molecule has 1 heterocycles. The highest BCUT2D eigenvalue weighted by Crippen LogP contribution is 2.31. The van der Waals surface area contributed by atoms with Gasteiger partial charge in [0.2, 0.25) is 0 Å². The number of aryl methyl sites for hydroxylation is 1. The Morgan fingerprint density at radius 3 is 3.00 bits per heavy atom. The standard InChI is InChI=1S/C14H21ClN2O/c1-2-8-17-14(12(15)10-16-17)13(18)9-11-6-4-3-5-7-11/h6,10,13,18H,2-5,7-9H2,1H3. The van der Waals surface area contributed by atoms with Crippen molar-refractivity contribution in [3.05, 3.63) is 28.6 Å². The van der Waals surface area contributed by atoms with Crippen LogP contribution >= 0.6 is 11.6 Å². The van der Waals surface area contributed by atoms with Crippen molar-refractivity contribution in [2.45, 2.75) is 58.1 Å². The molecule has 1 atom stereocenters. The predicted octanol–water partition coefficient (Wildman–Crippen LogP) is 3.87. The van der Waals surface area contributed by atoms with Crippen LogP contribution in [0.5, 0.6) is 0 Å². The van der Waals surface area contributed by atoms with Gasteiger partial charge in [0.15, 0.2) is 0 Å². The number of hydrogen-bond acceptors (Lipinski definition) is 2. The second-order valence-corrected chi connectivity index (χ2v) is 5.34. The Balaban J connectivity index is 2.09. The summed E-state index contributed by atoms with van der Waals surface area (Å²) in [5, 5.41) is 15.2. The molecule has 0 saturated carbocycles. The van der Waals surface area contributed by atoms with E-state index >= 15 is 0 Å². The summed E-state index contributed by atoms with van der Waals surface area (Å²) in [5.41, 5.74) is 2.12. The summed E-state index contributed by atoms with van der Waals surface area (Å²) >= 11 is 6.13. The topological polar surface area (TPSA) is 38.0 Å². The number of nitrogens with zero attached hydrogens (tertiary/aromatic N) is 2. The predicted molar refractivity (Wildman–Crippen MR) is 73.7 cm³/mol. The minimum atomic E-state index is -0.532. The van der Waals surface area contributed by atoms with E-state index in [-0.39, 0.29) is 0 Å². The van der Waals surface area contributed by atoms with E-state index in [9.17, 15) is 5.11 Å². The fourth-order valence-corrected chi connectivity index (χ4v) is 2.80. The van der Waals surface area contributed by atoms with Crippen molar-refractivity contribution in [1.29, 1.82) is 0 Å². The second-order valence-electron chi connectivity index (χ2n) is 4.93. The Kier molecular flexibility index (Phi) is 4.84. The lowest BCUT2D eigenvalue weighted by molar-refractivity contribution is 0.165. The number of aliphatic hydroxyl groups excluding tert-OH is 1. The molecule has 0 bridgehead atoms. The van der Waals surface area contributed by atoms with Gasteiger partial charge in [-0.05, 0) is 32.1 Å². The minimum absolute atomic E-state index is 0.532. The SMILES string of the molecule is CCCn1ncc(Cl)c1C(O)CC1=CCCCC1. The van der Waals surface area contributed by atoms with Crippen LogP contribution in [0.4, 0.5) is 0 Å². The third kappa shape index (κ3) is 3.15. The summed E-state index contributed by atoms with van der Waals surface area (Å²) in [6.45, 7) is 2.90. The maximum Gasteiger partial charge on any atom is 0.101 e. The third-order valence-electron chi connectivity index (χ3n) is 3.42. The van der Waals surface area contributed by atoms with E-state index < -0.39 is 6.10 Å². The van der Waals surface area contributed by atoms with Gasteiger partial charge in [0.1, 0.15) is 6.10 Å². The van der Waals surface area contributed by atoms with E-state index in [4.69, 9.17) is 11.6 Å². The lowest BCUT2D eigenvalue weighted by Gasteiger charge is -2.18. The molecule has 1 N–H and O–H groups in total. The molecule has 1 aliphatic carbocycles. The van der Waals surface area contributed by atoms with E-state index in [1.54, 1.807) is 6.20 Å². The normalized spacial score (nSPS) is 17.6. The maximum atomic E-state index is 10.4. The highest BCUT2D eigenvalue weighted by Gasteiger charge is 2.19. The number of aromatic nitrogens is 2. The van der Waals surface area contributed by atoms with Crippen molar-refractivity contribution < 1.29 is 5.11 Å². The van der Waals surface area contributed by atoms with Gasteiger partial charge in [-0.15, -0.1) is 0 Å². The third-order valence-corrected chi connectivity index (χ3v) is 3.72. The summed E-state index contributed by atoms with van der Waals surface area (Å²) in [7, 11) is 0. The van der Waals surface area contributed by atoms with Gasteiger partial charge in [-0.3, -0.25) is 4.68 Å². The molecule has 100 valence electrons. The van der Waals surface area contributed by atoms with E-state index in [0.717, 1.165) is 31.5 Å². The zero-order valence-corrected chi connectivity index (χ0v) is 11.7. The smallest absolute Gasteiger partial charge is 0.101 e. The van der Waals surface area contributed by atoms with Crippen LogP contribution in [-0.2, 0) is 6.54 Å². The highest BCUT2D eigenvalue weighted by molar-refractivity contribution is 6.31. The van der Waals surface area contributed by atoms with Crippen LogP contribution in [-0.4, -0.2) is 14.9 Å². The van der Waals surface area contributed by atoms with E-state index in [1.165, 1.54) is 18.4 Å². The van der Waals surface area contributed by atoms with Crippen LogP contribution in [0.25, 0.3) is 0 Å². The molecule has 0 aromatic carbocycles. The molecule has 0 saturated heterocycles. The zero-order valence-electron chi connectivity index (χ0n) is 10.9. The molecule has 0 amide bonds. The summed E-state index contributed by atoms with van der Waals surface area (Å²) in [5.74, 6) is 0. The Bertz CT molecular complexity index is 425. The quantitative estimate of drug-likeness (QED) is 0.823. The Labute approximate surface area is 113 Å². The first-order chi connectivity index (χ1) is 8.72. The minimum Gasteiger partial charge on any atom is -0.386 e. The van der Waals surface area contributed by atoms with E-state index in [1.807, 2.05) is 4.68 Å².